The van der Waals surface area contributed by atoms with Crippen LogP contribution in [0.1, 0.15) is 44.4 Å². The molecule has 1 nitrogen and oxygen atoms in total. The standard InChI is InChI=1S/C18H21O.Pb/c1-13(2)16-12-15(10-11-17(16)19)18(3,4)14-8-6-5-7-9-14;/h5-12,19H,1-4H3;. The second-order valence-electron chi connectivity index (χ2n) is 6.35. The minimum absolute atomic E-state index is 0.0590. The van der Waals surface area contributed by atoms with Gasteiger partial charge in [-0.1, -0.05) is 0 Å². The van der Waals surface area contributed by atoms with E-state index in [4.69, 9.17) is 0 Å². The van der Waals surface area contributed by atoms with E-state index in [0.29, 0.717) is 5.75 Å². The van der Waals surface area contributed by atoms with E-state index in [1.807, 2.05) is 18.2 Å². The van der Waals surface area contributed by atoms with Gasteiger partial charge in [-0.05, 0) is 0 Å². The molecule has 3 radical (unpaired) electrons. The average molecular weight is 461 g/mol. The van der Waals surface area contributed by atoms with Crippen molar-refractivity contribution in [2.45, 2.75) is 36.1 Å². The molecule has 0 saturated heterocycles. The first-order chi connectivity index (χ1) is 9.23. The van der Waals surface area contributed by atoms with Crippen molar-refractivity contribution in [2.24, 2.45) is 0 Å². The Kier molecular flexibility index (Phi) is 4.28. The van der Waals surface area contributed by atoms with E-state index >= 15 is 0 Å². The number of phenolic OH excluding ortho intramolecular Hbond substituents is 1. The van der Waals surface area contributed by atoms with Gasteiger partial charge in [0.25, 0.3) is 0 Å². The predicted octanol–water partition coefficient (Wildman–Crippen LogP) is 4.12. The normalized spacial score (nSPS) is 12.4. The molecule has 0 bridgehead atoms. The summed E-state index contributed by atoms with van der Waals surface area (Å²) >= 11 is 1.01. The van der Waals surface area contributed by atoms with Gasteiger partial charge in [0.2, 0.25) is 0 Å². The number of hydrogen-bond acceptors (Lipinski definition) is 1. The molecule has 2 rings (SSSR count). The van der Waals surface area contributed by atoms with Gasteiger partial charge in [-0.2, -0.15) is 0 Å². The fourth-order valence-corrected chi connectivity index (χ4v) is 3.23. The van der Waals surface area contributed by atoms with E-state index in [9.17, 15) is 5.11 Å². The molecule has 0 saturated carbocycles. The number of phenols is 1. The molecule has 2 aromatic carbocycles. The summed E-state index contributed by atoms with van der Waals surface area (Å²) in [5.74, 6) is 0.414. The molecule has 2 aromatic rings. The zero-order chi connectivity index (χ0) is 15.0. The molecular weight excluding hydrogens is 439 g/mol. The molecule has 0 aliphatic carbocycles. The van der Waals surface area contributed by atoms with E-state index in [1.54, 1.807) is 0 Å². The van der Waals surface area contributed by atoms with Gasteiger partial charge in [0.1, 0.15) is 0 Å². The van der Waals surface area contributed by atoms with Crippen molar-refractivity contribution in [2.75, 3.05) is 0 Å². The van der Waals surface area contributed by atoms with Crippen LogP contribution in [0.4, 0.5) is 0 Å². The van der Waals surface area contributed by atoms with Crippen LogP contribution in [0.25, 0.3) is 0 Å². The van der Waals surface area contributed by atoms with Crippen molar-refractivity contribution >= 4 is 25.8 Å². The minimum atomic E-state index is -0.0590. The van der Waals surface area contributed by atoms with Crippen LogP contribution in [0.5, 0.6) is 5.75 Å². The first-order valence-corrected chi connectivity index (χ1v) is 8.82. The van der Waals surface area contributed by atoms with E-state index in [-0.39, 0.29) is 8.39 Å². The Bertz CT molecular complexity index is 595. The number of benzene rings is 2. The zero-order valence-electron chi connectivity index (χ0n) is 12.6. The van der Waals surface area contributed by atoms with Gasteiger partial charge in [0.15, 0.2) is 0 Å². The summed E-state index contributed by atoms with van der Waals surface area (Å²) < 4.78 is 0.0763. The van der Waals surface area contributed by atoms with Crippen LogP contribution in [-0.2, 0) is 8.39 Å². The van der Waals surface area contributed by atoms with Crippen LogP contribution in [0.2, 0.25) is 0 Å². The summed E-state index contributed by atoms with van der Waals surface area (Å²) in [4.78, 5) is 0. The van der Waals surface area contributed by atoms with Crippen LogP contribution >= 0.6 is 0 Å². The Morgan fingerprint density at radius 3 is 2.00 bits per heavy atom. The molecule has 103 valence electrons. The zero-order valence-corrected chi connectivity index (χ0v) is 16.5. The van der Waals surface area contributed by atoms with Crippen molar-refractivity contribution in [3.8, 4) is 5.75 Å². The van der Waals surface area contributed by atoms with Crippen LogP contribution in [0.15, 0.2) is 48.5 Å². The molecule has 20 heavy (non-hydrogen) atoms. The molecule has 0 fully saturated rings. The molecule has 1 N–H and O–H groups in total. The Morgan fingerprint density at radius 1 is 0.850 bits per heavy atom. The van der Waals surface area contributed by atoms with Crippen LogP contribution < -0.4 is 0 Å². The van der Waals surface area contributed by atoms with Gasteiger partial charge < -0.3 is 0 Å². The van der Waals surface area contributed by atoms with Gasteiger partial charge in [0, 0.05) is 0 Å². The second-order valence-corrected chi connectivity index (χ2v) is 11.2. The third kappa shape index (κ3) is 3.08. The molecule has 0 atom stereocenters. The van der Waals surface area contributed by atoms with Crippen molar-refractivity contribution in [1.29, 1.82) is 0 Å². The van der Waals surface area contributed by atoms with Crippen LogP contribution in [0, 0.1) is 0 Å². The average Bonchev–Trinajstić information content (AvgIpc) is 2.38. The number of aromatic hydroxyl groups is 1. The molecule has 0 heterocycles. The van der Waals surface area contributed by atoms with E-state index < -0.39 is 0 Å². The Labute approximate surface area is 137 Å². The van der Waals surface area contributed by atoms with Gasteiger partial charge in [-0.3, -0.25) is 0 Å². The van der Waals surface area contributed by atoms with Crippen molar-refractivity contribution < 1.29 is 5.11 Å². The van der Waals surface area contributed by atoms with Crippen LogP contribution in [0.3, 0.4) is 0 Å². The van der Waals surface area contributed by atoms with Gasteiger partial charge in [0.05, 0.1) is 0 Å². The van der Waals surface area contributed by atoms with E-state index in [0.717, 1.165) is 31.3 Å². The molecule has 0 amide bonds. The third-order valence-corrected chi connectivity index (χ3v) is 4.93. The van der Waals surface area contributed by atoms with Crippen LogP contribution in [-0.4, -0.2) is 30.9 Å². The summed E-state index contributed by atoms with van der Waals surface area (Å²) in [7, 11) is 0. The van der Waals surface area contributed by atoms with Gasteiger partial charge in [-0.25, -0.2) is 0 Å². The SMILES string of the molecule is C[C](C)([Pb])c1cc(C(C)(C)c2ccccc2)ccc1O. The van der Waals surface area contributed by atoms with Crippen molar-refractivity contribution in [3.63, 3.8) is 0 Å². The first-order valence-electron chi connectivity index (χ1n) is 6.87. The van der Waals surface area contributed by atoms with Crippen molar-refractivity contribution in [3.05, 3.63) is 65.2 Å². The summed E-state index contributed by atoms with van der Waals surface area (Å²) in [5, 5.41) is 10.1. The fourth-order valence-electron chi connectivity index (χ4n) is 2.45. The first kappa shape index (κ1) is 15.5. The Hall–Kier alpha value is -0.838. The summed E-state index contributed by atoms with van der Waals surface area (Å²) in [6, 6.07) is 16.6. The Morgan fingerprint density at radius 2 is 1.45 bits per heavy atom. The third-order valence-electron chi connectivity index (χ3n) is 3.89. The molecule has 2 heteroatoms. The summed E-state index contributed by atoms with van der Waals surface area (Å²) in [6.07, 6.45) is 0. The molecule has 0 aromatic heterocycles. The fraction of sp³-hybridized carbons (Fsp3) is 0.333. The number of hydrogen-bond donors (Lipinski definition) is 1. The molecule has 0 spiro atoms. The molecule has 0 unspecified atom stereocenters. The van der Waals surface area contributed by atoms with Gasteiger partial charge in [-0.15, -0.1) is 0 Å². The van der Waals surface area contributed by atoms with E-state index in [2.05, 4.69) is 58.0 Å². The maximum atomic E-state index is 10.1. The van der Waals surface area contributed by atoms with Gasteiger partial charge >= 0.3 is 138 Å². The molecule has 0 aliphatic heterocycles. The maximum absolute atomic E-state index is 10.1. The predicted molar refractivity (Wildman–Crippen MR) is 85.5 cm³/mol. The quantitative estimate of drug-likeness (QED) is 0.684. The second kappa shape index (κ2) is 5.51. The number of rotatable bonds is 3. The van der Waals surface area contributed by atoms with Crippen molar-refractivity contribution in [1.82, 2.24) is 0 Å². The molecular formula is C18H21OPb. The summed E-state index contributed by atoms with van der Waals surface area (Å²) in [6.45, 7) is 8.85. The summed E-state index contributed by atoms with van der Waals surface area (Å²) in [5.41, 5.74) is 3.55. The van der Waals surface area contributed by atoms with E-state index in [1.165, 1.54) is 11.1 Å². The topological polar surface area (TPSA) is 20.2 Å². The Balaban J connectivity index is 2.54. The molecule has 0 aliphatic rings. The monoisotopic (exact) mass is 461 g/mol.